The molecule has 2 atom stereocenters. The van der Waals surface area contributed by atoms with Crippen molar-refractivity contribution in [2.45, 2.75) is 32.8 Å². The van der Waals surface area contributed by atoms with Crippen LogP contribution in [0.3, 0.4) is 0 Å². The van der Waals surface area contributed by atoms with Gasteiger partial charge in [-0.1, -0.05) is 41.4 Å². The first-order valence-electron chi connectivity index (χ1n) is 7.35. The number of benzene rings is 1. The molecule has 0 spiro atoms. The van der Waals surface area contributed by atoms with Crippen LogP contribution in [0, 0.1) is 11.8 Å². The van der Waals surface area contributed by atoms with E-state index in [1.165, 1.54) is 12.0 Å². The number of ether oxygens (including phenoxy) is 1. The Hall–Kier alpha value is -0.0900. The van der Waals surface area contributed by atoms with Crippen molar-refractivity contribution in [3.63, 3.8) is 0 Å². The van der Waals surface area contributed by atoms with Gasteiger partial charge in [-0.25, -0.2) is 0 Å². The van der Waals surface area contributed by atoms with Gasteiger partial charge in [-0.2, -0.15) is 0 Å². The van der Waals surface area contributed by atoms with Gasteiger partial charge < -0.3 is 10.1 Å². The van der Waals surface area contributed by atoms with Crippen LogP contribution < -0.4 is 5.32 Å². The summed E-state index contributed by atoms with van der Waals surface area (Å²) < 4.78 is 7.13. The van der Waals surface area contributed by atoms with Gasteiger partial charge in [0.1, 0.15) is 0 Å². The van der Waals surface area contributed by atoms with Crippen LogP contribution in [0.5, 0.6) is 0 Å². The summed E-state index contributed by atoms with van der Waals surface area (Å²) in [5, 5.41) is 4.33. The molecule has 2 rings (SSSR count). The van der Waals surface area contributed by atoms with Crippen molar-refractivity contribution in [2.75, 3.05) is 19.7 Å². The van der Waals surface area contributed by atoms with E-state index in [9.17, 15) is 0 Å². The largest absolute Gasteiger partial charge is 0.373 e. The van der Waals surface area contributed by atoms with Crippen LogP contribution in [0.2, 0.25) is 5.02 Å². The first kappa shape index (κ1) is 16.3. The Bertz CT molecular complexity index is 438. The highest BCUT2D eigenvalue weighted by atomic mass is 79.9. The summed E-state index contributed by atoms with van der Waals surface area (Å²) in [6.45, 7) is 7.36. The molecule has 1 aromatic rings. The van der Waals surface area contributed by atoms with Crippen LogP contribution in [0.1, 0.15) is 38.4 Å². The first-order chi connectivity index (χ1) is 9.58. The first-order valence-corrected chi connectivity index (χ1v) is 8.52. The Labute approximate surface area is 135 Å². The highest BCUT2D eigenvalue weighted by molar-refractivity contribution is 9.10. The summed E-state index contributed by atoms with van der Waals surface area (Å²) in [5.74, 6) is 1.19. The predicted molar refractivity (Wildman–Crippen MR) is 88.3 cm³/mol. The molecule has 1 saturated heterocycles. The topological polar surface area (TPSA) is 21.3 Å². The smallest absolute Gasteiger partial charge is 0.0876 e. The fourth-order valence-corrected chi connectivity index (χ4v) is 3.34. The SMILES string of the molecule is CC(C)CNCC1CCCOC1c1cc(Cl)ccc1Br. The van der Waals surface area contributed by atoms with Gasteiger partial charge in [0.05, 0.1) is 6.10 Å². The van der Waals surface area contributed by atoms with Crippen LogP contribution in [0.25, 0.3) is 0 Å². The molecule has 20 heavy (non-hydrogen) atoms. The van der Waals surface area contributed by atoms with Crippen LogP contribution in [-0.4, -0.2) is 19.7 Å². The van der Waals surface area contributed by atoms with E-state index in [0.29, 0.717) is 11.8 Å². The van der Waals surface area contributed by atoms with E-state index in [-0.39, 0.29) is 6.10 Å². The Morgan fingerprint density at radius 1 is 1.45 bits per heavy atom. The number of halogens is 2. The quantitative estimate of drug-likeness (QED) is 0.813. The molecule has 0 aromatic heterocycles. The van der Waals surface area contributed by atoms with Crippen LogP contribution in [-0.2, 0) is 4.74 Å². The lowest BCUT2D eigenvalue weighted by Crippen LogP contribution is -2.33. The molecule has 1 N–H and O–H groups in total. The van der Waals surface area contributed by atoms with Crippen LogP contribution in [0.15, 0.2) is 22.7 Å². The van der Waals surface area contributed by atoms with Crippen molar-refractivity contribution < 1.29 is 4.74 Å². The molecule has 0 amide bonds. The number of rotatable bonds is 5. The maximum absolute atomic E-state index is 6.14. The highest BCUT2D eigenvalue weighted by Crippen LogP contribution is 2.38. The summed E-state index contributed by atoms with van der Waals surface area (Å²) in [7, 11) is 0. The van der Waals surface area contributed by atoms with Crippen molar-refractivity contribution in [1.82, 2.24) is 5.32 Å². The van der Waals surface area contributed by atoms with Gasteiger partial charge in [0.15, 0.2) is 0 Å². The van der Waals surface area contributed by atoms with E-state index in [4.69, 9.17) is 16.3 Å². The molecule has 2 nitrogen and oxygen atoms in total. The van der Waals surface area contributed by atoms with E-state index in [1.807, 2.05) is 18.2 Å². The second-order valence-electron chi connectivity index (χ2n) is 5.91. The molecule has 112 valence electrons. The minimum atomic E-state index is 0.136. The van der Waals surface area contributed by atoms with E-state index < -0.39 is 0 Å². The summed E-state index contributed by atoms with van der Waals surface area (Å²) in [6.07, 6.45) is 2.48. The second kappa shape index (κ2) is 7.79. The maximum atomic E-state index is 6.14. The van der Waals surface area contributed by atoms with Crippen LogP contribution >= 0.6 is 27.5 Å². The average molecular weight is 361 g/mol. The number of nitrogens with one attached hydrogen (secondary N) is 1. The van der Waals surface area contributed by atoms with Gasteiger partial charge in [-0.15, -0.1) is 0 Å². The van der Waals surface area contributed by atoms with Crippen molar-refractivity contribution in [3.05, 3.63) is 33.3 Å². The van der Waals surface area contributed by atoms with Gasteiger partial charge in [0.2, 0.25) is 0 Å². The van der Waals surface area contributed by atoms with Crippen molar-refractivity contribution >= 4 is 27.5 Å². The third-order valence-corrected chi connectivity index (χ3v) is 4.63. The van der Waals surface area contributed by atoms with Crippen LogP contribution in [0.4, 0.5) is 0 Å². The Morgan fingerprint density at radius 3 is 3.00 bits per heavy atom. The second-order valence-corrected chi connectivity index (χ2v) is 7.20. The fraction of sp³-hybridized carbons (Fsp3) is 0.625. The molecule has 4 heteroatoms. The summed E-state index contributed by atoms with van der Waals surface area (Å²) in [5.41, 5.74) is 1.17. The fourth-order valence-electron chi connectivity index (χ4n) is 2.69. The molecule has 2 unspecified atom stereocenters. The summed E-state index contributed by atoms with van der Waals surface area (Å²) in [6, 6.07) is 5.94. The van der Waals surface area contributed by atoms with E-state index >= 15 is 0 Å². The maximum Gasteiger partial charge on any atom is 0.0876 e. The standard InChI is InChI=1S/C16H23BrClNO/c1-11(2)9-19-10-12-4-3-7-20-16(12)14-8-13(18)5-6-15(14)17/h5-6,8,11-12,16,19H,3-4,7,9-10H2,1-2H3. The molecule has 1 aliphatic rings. The molecular formula is C16H23BrClNO. The van der Waals surface area contributed by atoms with E-state index in [1.54, 1.807) is 0 Å². The van der Waals surface area contributed by atoms with Gasteiger partial charge >= 0.3 is 0 Å². The molecule has 0 bridgehead atoms. The van der Waals surface area contributed by atoms with Crippen molar-refractivity contribution in [1.29, 1.82) is 0 Å². The lowest BCUT2D eigenvalue weighted by atomic mass is 9.89. The molecule has 0 radical (unpaired) electrons. The van der Waals surface area contributed by atoms with Gasteiger partial charge in [0, 0.05) is 28.6 Å². The van der Waals surface area contributed by atoms with Crippen molar-refractivity contribution in [2.24, 2.45) is 11.8 Å². The zero-order valence-electron chi connectivity index (χ0n) is 12.2. The Kier molecular flexibility index (Phi) is 6.34. The minimum absolute atomic E-state index is 0.136. The Balaban J connectivity index is 2.07. The zero-order chi connectivity index (χ0) is 14.5. The third-order valence-electron chi connectivity index (χ3n) is 3.67. The summed E-state index contributed by atoms with van der Waals surface area (Å²) >= 11 is 9.76. The summed E-state index contributed by atoms with van der Waals surface area (Å²) in [4.78, 5) is 0. The minimum Gasteiger partial charge on any atom is -0.373 e. The molecule has 1 heterocycles. The molecule has 1 aromatic carbocycles. The number of hydrogen-bond acceptors (Lipinski definition) is 2. The predicted octanol–water partition coefficient (Wildman–Crippen LogP) is 4.82. The van der Waals surface area contributed by atoms with Crippen molar-refractivity contribution in [3.8, 4) is 0 Å². The molecule has 0 saturated carbocycles. The van der Waals surface area contributed by atoms with Gasteiger partial charge in [0.25, 0.3) is 0 Å². The third kappa shape index (κ3) is 4.45. The molecule has 1 aliphatic heterocycles. The molecule has 0 aliphatic carbocycles. The van der Waals surface area contributed by atoms with E-state index in [0.717, 1.165) is 35.6 Å². The molecule has 1 fully saturated rings. The lowest BCUT2D eigenvalue weighted by molar-refractivity contribution is -0.0282. The average Bonchev–Trinajstić information content (AvgIpc) is 2.42. The number of hydrogen-bond donors (Lipinski definition) is 1. The molecular weight excluding hydrogens is 338 g/mol. The monoisotopic (exact) mass is 359 g/mol. The van der Waals surface area contributed by atoms with Gasteiger partial charge in [-0.3, -0.25) is 0 Å². The lowest BCUT2D eigenvalue weighted by Gasteiger charge is -2.33. The highest BCUT2D eigenvalue weighted by Gasteiger charge is 2.28. The normalized spacial score (nSPS) is 23.2. The van der Waals surface area contributed by atoms with Gasteiger partial charge in [-0.05, 0) is 49.1 Å². The van der Waals surface area contributed by atoms with E-state index in [2.05, 4.69) is 35.1 Å². The zero-order valence-corrected chi connectivity index (χ0v) is 14.5. The Morgan fingerprint density at radius 2 is 2.25 bits per heavy atom.